The van der Waals surface area contributed by atoms with E-state index in [1.807, 2.05) is 60.4 Å². The second-order valence-electron chi connectivity index (χ2n) is 7.30. The first-order valence-corrected chi connectivity index (χ1v) is 9.43. The van der Waals surface area contributed by atoms with Crippen molar-refractivity contribution in [1.82, 2.24) is 19.2 Å². The molecule has 2 heterocycles. The molecular weight excluding hydrogens is 336 g/mol. The molecule has 0 radical (unpaired) electrons. The Hall–Kier alpha value is -2.66. The number of nitrogens with zero attached hydrogens (tertiary/aromatic N) is 4. The van der Waals surface area contributed by atoms with Crippen LogP contribution < -0.4 is 5.56 Å². The smallest absolute Gasteiger partial charge is 0.275 e. The Morgan fingerprint density at radius 1 is 1.07 bits per heavy atom. The standard InChI is InChI=1S/C22H28N4O/c1-17(2)21-20(16-24(3)15-13-18-10-8-9-14-23-18)25(4)26(22(21)27)19-11-6-5-7-12-19/h5-12,14,17H,13,15-16H2,1-4H3. The average Bonchev–Trinajstić information content (AvgIpc) is 2.91. The van der Waals surface area contributed by atoms with Crippen LogP contribution in [-0.2, 0) is 20.0 Å². The van der Waals surface area contributed by atoms with Gasteiger partial charge in [-0.15, -0.1) is 0 Å². The molecule has 5 nitrogen and oxygen atoms in total. The van der Waals surface area contributed by atoms with E-state index in [4.69, 9.17) is 0 Å². The van der Waals surface area contributed by atoms with Gasteiger partial charge in [-0.25, -0.2) is 4.68 Å². The molecule has 0 saturated heterocycles. The quantitative estimate of drug-likeness (QED) is 0.646. The number of benzene rings is 1. The fraction of sp³-hybridized carbons (Fsp3) is 0.364. The van der Waals surface area contributed by atoms with E-state index in [1.54, 1.807) is 4.68 Å². The van der Waals surface area contributed by atoms with Gasteiger partial charge in [0.05, 0.1) is 11.4 Å². The maximum absolute atomic E-state index is 13.1. The summed E-state index contributed by atoms with van der Waals surface area (Å²) in [7, 11) is 4.07. The Kier molecular flexibility index (Phi) is 5.91. The van der Waals surface area contributed by atoms with Crippen molar-refractivity contribution in [1.29, 1.82) is 0 Å². The molecule has 0 fully saturated rings. The van der Waals surface area contributed by atoms with Gasteiger partial charge in [0.25, 0.3) is 5.56 Å². The van der Waals surface area contributed by atoms with Gasteiger partial charge in [0.15, 0.2) is 0 Å². The van der Waals surface area contributed by atoms with Crippen molar-refractivity contribution in [2.45, 2.75) is 32.7 Å². The maximum atomic E-state index is 13.1. The van der Waals surface area contributed by atoms with Gasteiger partial charge in [0.1, 0.15) is 0 Å². The van der Waals surface area contributed by atoms with Crippen molar-refractivity contribution >= 4 is 0 Å². The Labute approximate surface area is 160 Å². The molecule has 1 aromatic carbocycles. The molecule has 0 aliphatic heterocycles. The molecule has 0 bridgehead atoms. The molecule has 5 heteroatoms. The number of para-hydroxylation sites is 1. The van der Waals surface area contributed by atoms with Crippen LogP contribution in [0.4, 0.5) is 0 Å². The Balaban J connectivity index is 1.87. The number of likely N-dealkylation sites (N-methyl/N-ethyl adjacent to an activating group) is 1. The van der Waals surface area contributed by atoms with Crippen molar-refractivity contribution in [3.8, 4) is 5.69 Å². The minimum atomic E-state index is 0.0758. The molecule has 0 atom stereocenters. The van der Waals surface area contributed by atoms with E-state index >= 15 is 0 Å². The van der Waals surface area contributed by atoms with Crippen molar-refractivity contribution in [3.63, 3.8) is 0 Å². The van der Waals surface area contributed by atoms with Gasteiger partial charge < -0.3 is 4.90 Å². The van der Waals surface area contributed by atoms with Crippen LogP contribution in [0.25, 0.3) is 5.69 Å². The molecule has 0 aliphatic rings. The average molecular weight is 364 g/mol. The molecule has 0 unspecified atom stereocenters. The van der Waals surface area contributed by atoms with Crippen LogP contribution in [-0.4, -0.2) is 32.8 Å². The summed E-state index contributed by atoms with van der Waals surface area (Å²) < 4.78 is 3.78. The number of pyridine rings is 1. The molecule has 3 rings (SSSR count). The molecular formula is C22H28N4O. The minimum Gasteiger partial charge on any atom is -0.300 e. The fourth-order valence-corrected chi connectivity index (χ4v) is 3.48. The lowest BCUT2D eigenvalue weighted by Gasteiger charge is -2.19. The summed E-state index contributed by atoms with van der Waals surface area (Å²) in [6.45, 7) is 5.79. The van der Waals surface area contributed by atoms with E-state index in [-0.39, 0.29) is 11.5 Å². The largest absolute Gasteiger partial charge is 0.300 e. The normalized spacial score (nSPS) is 11.5. The van der Waals surface area contributed by atoms with Crippen molar-refractivity contribution in [2.75, 3.05) is 13.6 Å². The number of aromatic nitrogens is 3. The second-order valence-corrected chi connectivity index (χ2v) is 7.30. The van der Waals surface area contributed by atoms with Crippen LogP contribution in [0.1, 0.15) is 36.7 Å². The summed E-state index contributed by atoms with van der Waals surface area (Å²) >= 11 is 0. The Bertz CT molecular complexity index is 926. The van der Waals surface area contributed by atoms with Crippen molar-refractivity contribution in [2.24, 2.45) is 7.05 Å². The number of hydrogen-bond acceptors (Lipinski definition) is 3. The van der Waals surface area contributed by atoms with E-state index in [0.717, 1.165) is 42.1 Å². The summed E-state index contributed by atoms with van der Waals surface area (Å²) in [5.41, 5.74) is 4.03. The second kappa shape index (κ2) is 8.35. The van der Waals surface area contributed by atoms with Gasteiger partial charge in [-0.2, -0.15) is 0 Å². The zero-order valence-corrected chi connectivity index (χ0v) is 16.6. The van der Waals surface area contributed by atoms with Crippen molar-refractivity contribution < 1.29 is 0 Å². The summed E-state index contributed by atoms with van der Waals surface area (Å²) in [5.74, 6) is 0.174. The monoisotopic (exact) mass is 364 g/mol. The van der Waals surface area contributed by atoms with Gasteiger partial charge in [-0.05, 0) is 37.2 Å². The van der Waals surface area contributed by atoms with Crippen LogP contribution in [0.2, 0.25) is 0 Å². The van der Waals surface area contributed by atoms with Crippen LogP contribution in [0.3, 0.4) is 0 Å². The molecule has 0 aliphatic carbocycles. The van der Waals surface area contributed by atoms with Gasteiger partial charge in [-0.3, -0.25) is 14.5 Å². The van der Waals surface area contributed by atoms with E-state index in [9.17, 15) is 4.79 Å². The Morgan fingerprint density at radius 3 is 2.41 bits per heavy atom. The first-order valence-electron chi connectivity index (χ1n) is 9.43. The Morgan fingerprint density at radius 2 is 1.78 bits per heavy atom. The molecule has 3 aromatic rings. The summed E-state index contributed by atoms with van der Waals surface area (Å²) in [4.78, 5) is 19.8. The zero-order chi connectivity index (χ0) is 19.4. The van der Waals surface area contributed by atoms with Gasteiger partial charge in [-0.1, -0.05) is 38.1 Å². The van der Waals surface area contributed by atoms with Crippen LogP contribution in [0, 0.1) is 0 Å². The summed E-state index contributed by atoms with van der Waals surface area (Å²) in [6, 6.07) is 15.8. The van der Waals surface area contributed by atoms with Crippen LogP contribution in [0.15, 0.2) is 59.5 Å². The lowest BCUT2D eigenvalue weighted by Crippen LogP contribution is -2.24. The van der Waals surface area contributed by atoms with E-state index in [0.29, 0.717) is 0 Å². The highest BCUT2D eigenvalue weighted by Gasteiger charge is 2.22. The van der Waals surface area contributed by atoms with Gasteiger partial charge in [0, 0.05) is 44.0 Å². The predicted octanol–water partition coefficient (Wildman–Crippen LogP) is 3.37. The lowest BCUT2D eigenvalue weighted by atomic mass is 10.0. The molecule has 27 heavy (non-hydrogen) atoms. The zero-order valence-electron chi connectivity index (χ0n) is 16.6. The first kappa shape index (κ1) is 19.1. The van der Waals surface area contributed by atoms with E-state index in [2.05, 4.69) is 36.8 Å². The van der Waals surface area contributed by atoms with E-state index in [1.165, 1.54) is 0 Å². The molecule has 0 N–H and O–H groups in total. The number of hydrogen-bond donors (Lipinski definition) is 0. The van der Waals surface area contributed by atoms with E-state index < -0.39 is 0 Å². The lowest BCUT2D eigenvalue weighted by molar-refractivity contribution is 0.317. The third-order valence-corrected chi connectivity index (χ3v) is 4.90. The summed E-state index contributed by atoms with van der Waals surface area (Å²) in [5, 5.41) is 0. The SMILES string of the molecule is CC(C)c1c(CN(C)CCc2ccccn2)n(C)n(-c2ccccc2)c1=O. The van der Waals surface area contributed by atoms with Crippen molar-refractivity contribution in [3.05, 3.63) is 82.0 Å². The van der Waals surface area contributed by atoms with Crippen LogP contribution in [0.5, 0.6) is 0 Å². The van der Waals surface area contributed by atoms with Gasteiger partial charge >= 0.3 is 0 Å². The first-order chi connectivity index (χ1) is 13.0. The molecule has 0 spiro atoms. The van der Waals surface area contributed by atoms with Crippen LogP contribution >= 0.6 is 0 Å². The molecule has 2 aromatic heterocycles. The third-order valence-electron chi connectivity index (χ3n) is 4.90. The third kappa shape index (κ3) is 4.19. The fourth-order valence-electron chi connectivity index (χ4n) is 3.48. The topological polar surface area (TPSA) is 43.1 Å². The highest BCUT2D eigenvalue weighted by atomic mass is 16.1. The summed E-state index contributed by atoms with van der Waals surface area (Å²) in [6.07, 6.45) is 2.72. The predicted molar refractivity (Wildman–Crippen MR) is 109 cm³/mol. The highest BCUT2D eigenvalue weighted by Crippen LogP contribution is 2.20. The molecule has 0 amide bonds. The molecule has 142 valence electrons. The highest BCUT2D eigenvalue weighted by molar-refractivity contribution is 5.34. The number of rotatable bonds is 7. The minimum absolute atomic E-state index is 0.0758. The van der Waals surface area contributed by atoms with Gasteiger partial charge in [0.2, 0.25) is 0 Å². The molecule has 0 saturated carbocycles. The maximum Gasteiger partial charge on any atom is 0.275 e.